The molecule has 0 spiro atoms. The molecule has 0 bridgehead atoms. The van der Waals surface area contributed by atoms with Gasteiger partial charge in [0, 0.05) is 55.0 Å². The maximum atomic E-state index is 14.1. The third kappa shape index (κ3) is 5.84. The Balaban J connectivity index is 1.62. The Morgan fingerprint density at radius 1 is 1.13 bits per heavy atom. The zero-order valence-electron chi connectivity index (χ0n) is 21.7. The number of hydrogen-bond donors (Lipinski definition) is 1. The minimum absolute atomic E-state index is 0.0707. The second kappa shape index (κ2) is 12.0. The third-order valence-corrected chi connectivity index (χ3v) is 7.12. The van der Waals surface area contributed by atoms with Crippen LogP contribution >= 0.6 is 11.6 Å². The molecule has 1 saturated heterocycles. The van der Waals surface area contributed by atoms with Gasteiger partial charge in [-0.15, -0.1) is 0 Å². The average Bonchev–Trinajstić information content (AvgIpc) is 2.89. The van der Waals surface area contributed by atoms with E-state index in [1.165, 1.54) is 17.0 Å². The average molecular weight is 543 g/mol. The van der Waals surface area contributed by atoms with Crippen molar-refractivity contribution in [1.82, 2.24) is 20.0 Å². The topological polar surface area (TPSA) is 82.2 Å². The molecule has 2 aliphatic heterocycles. The molecule has 4 rings (SSSR count). The van der Waals surface area contributed by atoms with Crippen molar-refractivity contribution < 1.29 is 23.5 Å². The standard InChI is InChI=1S/C28H32ClFN4O4/c1-4-33-23(17-32-13-14-34(18(3)16-32)26(35)19-9-11-21(29)12-10-19)24(27(36)38-5-2)25(31-28(33)37)20-7-6-8-22(30)15-20/h6-12,15,18,25H,4-5,13-14,16-17H2,1-3H3,(H,31,37). The number of piperazine rings is 1. The molecular formula is C28H32ClFN4O4. The van der Waals surface area contributed by atoms with E-state index in [9.17, 15) is 18.8 Å². The van der Waals surface area contributed by atoms with Gasteiger partial charge in [0.25, 0.3) is 5.91 Å². The van der Waals surface area contributed by atoms with E-state index in [0.717, 1.165) is 0 Å². The van der Waals surface area contributed by atoms with Crippen molar-refractivity contribution in [1.29, 1.82) is 0 Å². The van der Waals surface area contributed by atoms with Crippen molar-refractivity contribution in [2.45, 2.75) is 32.9 Å². The van der Waals surface area contributed by atoms with E-state index < -0.39 is 17.8 Å². The third-order valence-electron chi connectivity index (χ3n) is 6.87. The maximum Gasteiger partial charge on any atom is 0.338 e. The van der Waals surface area contributed by atoms with Gasteiger partial charge in [-0.05, 0) is 62.7 Å². The number of esters is 1. The van der Waals surface area contributed by atoms with Crippen LogP contribution in [0.3, 0.4) is 0 Å². The molecule has 1 fully saturated rings. The number of amides is 3. The van der Waals surface area contributed by atoms with E-state index in [1.54, 1.807) is 43.3 Å². The molecule has 2 aliphatic rings. The molecule has 3 amide bonds. The molecule has 10 heteroatoms. The van der Waals surface area contributed by atoms with Crippen molar-refractivity contribution in [2.24, 2.45) is 0 Å². The van der Waals surface area contributed by atoms with Gasteiger partial charge in [-0.25, -0.2) is 14.0 Å². The molecular weight excluding hydrogens is 511 g/mol. The number of carbonyl (C=O) groups is 3. The summed E-state index contributed by atoms with van der Waals surface area (Å²) in [7, 11) is 0. The number of hydrogen-bond acceptors (Lipinski definition) is 5. The lowest BCUT2D eigenvalue weighted by Crippen LogP contribution is -2.56. The molecule has 1 N–H and O–H groups in total. The maximum absolute atomic E-state index is 14.1. The van der Waals surface area contributed by atoms with Crippen LogP contribution in [0.5, 0.6) is 0 Å². The number of ether oxygens (including phenoxy) is 1. The quantitative estimate of drug-likeness (QED) is 0.530. The highest BCUT2D eigenvalue weighted by Crippen LogP contribution is 2.32. The van der Waals surface area contributed by atoms with E-state index in [-0.39, 0.29) is 30.2 Å². The minimum atomic E-state index is -0.847. The summed E-state index contributed by atoms with van der Waals surface area (Å²) >= 11 is 5.97. The molecule has 2 heterocycles. The van der Waals surface area contributed by atoms with E-state index in [1.807, 2.05) is 18.7 Å². The molecule has 0 saturated carbocycles. The highest BCUT2D eigenvalue weighted by molar-refractivity contribution is 6.30. The summed E-state index contributed by atoms with van der Waals surface area (Å²) in [5.74, 6) is -1.09. The number of benzene rings is 2. The van der Waals surface area contributed by atoms with Gasteiger partial charge in [0.05, 0.1) is 18.2 Å². The van der Waals surface area contributed by atoms with Gasteiger partial charge in [-0.2, -0.15) is 0 Å². The van der Waals surface area contributed by atoms with Gasteiger partial charge >= 0.3 is 12.0 Å². The minimum Gasteiger partial charge on any atom is -0.463 e. The van der Waals surface area contributed by atoms with Crippen LogP contribution in [-0.2, 0) is 9.53 Å². The number of carbonyl (C=O) groups excluding carboxylic acids is 3. The Kier molecular flexibility index (Phi) is 8.69. The zero-order chi connectivity index (χ0) is 27.4. The smallest absolute Gasteiger partial charge is 0.338 e. The van der Waals surface area contributed by atoms with Crippen LogP contribution in [0.2, 0.25) is 5.02 Å². The Labute approximate surface area is 227 Å². The van der Waals surface area contributed by atoms with Gasteiger partial charge in [-0.1, -0.05) is 23.7 Å². The Morgan fingerprint density at radius 3 is 2.50 bits per heavy atom. The van der Waals surface area contributed by atoms with E-state index in [2.05, 4.69) is 10.2 Å². The second-order valence-corrected chi connectivity index (χ2v) is 9.79. The fourth-order valence-electron chi connectivity index (χ4n) is 5.04. The van der Waals surface area contributed by atoms with Crippen LogP contribution < -0.4 is 5.32 Å². The number of nitrogens with one attached hydrogen (secondary N) is 1. The lowest BCUT2D eigenvalue weighted by Gasteiger charge is -2.43. The molecule has 0 radical (unpaired) electrons. The Hall–Kier alpha value is -3.43. The van der Waals surface area contributed by atoms with Crippen molar-refractivity contribution >= 4 is 29.5 Å². The molecule has 2 atom stereocenters. The number of urea groups is 1. The van der Waals surface area contributed by atoms with Crippen LogP contribution in [0.15, 0.2) is 59.8 Å². The molecule has 2 aromatic rings. The number of rotatable bonds is 7. The van der Waals surface area contributed by atoms with E-state index in [4.69, 9.17) is 16.3 Å². The second-order valence-electron chi connectivity index (χ2n) is 9.35. The van der Waals surface area contributed by atoms with Crippen molar-refractivity contribution in [2.75, 3.05) is 39.3 Å². The lowest BCUT2D eigenvalue weighted by molar-refractivity contribution is -0.139. The first-order valence-electron chi connectivity index (χ1n) is 12.8. The monoisotopic (exact) mass is 542 g/mol. The van der Waals surface area contributed by atoms with Crippen LogP contribution in [0.1, 0.15) is 42.7 Å². The summed E-state index contributed by atoms with van der Waals surface area (Å²) < 4.78 is 19.5. The first-order chi connectivity index (χ1) is 18.2. The summed E-state index contributed by atoms with van der Waals surface area (Å²) in [5, 5.41) is 3.42. The highest BCUT2D eigenvalue weighted by atomic mass is 35.5. The largest absolute Gasteiger partial charge is 0.463 e. The predicted octanol–water partition coefficient (Wildman–Crippen LogP) is 4.23. The first kappa shape index (κ1) is 27.6. The number of likely N-dealkylation sites (N-methyl/N-ethyl adjacent to an activating group) is 1. The summed E-state index contributed by atoms with van der Waals surface area (Å²) in [6, 6.07) is 11.3. The predicted molar refractivity (Wildman–Crippen MR) is 142 cm³/mol. The van der Waals surface area contributed by atoms with Crippen LogP contribution in [0.4, 0.5) is 9.18 Å². The molecule has 2 unspecified atom stereocenters. The van der Waals surface area contributed by atoms with Crippen LogP contribution in [0.25, 0.3) is 0 Å². The van der Waals surface area contributed by atoms with Crippen molar-refractivity contribution in [3.8, 4) is 0 Å². The fourth-order valence-corrected chi connectivity index (χ4v) is 5.17. The summed E-state index contributed by atoms with van der Waals surface area (Å²) in [4.78, 5) is 44.9. The van der Waals surface area contributed by atoms with E-state index >= 15 is 0 Å². The van der Waals surface area contributed by atoms with Crippen molar-refractivity contribution in [3.63, 3.8) is 0 Å². The summed E-state index contributed by atoms with van der Waals surface area (Å²) in [6.07, 6.45) is 0. The van der Waals surface area contributed by atoms with Crippen molar-refractivity contribution in [3.05, 3.63) is 81.8 Å². The van der Waals surface area contributed by atoms with Gasteiger partial charge in [0.15, 0.2) is 0 Å². The molecule has 0 aliphatic carbocycles. The molecule has 0 aromatic heterocycles. The van der Waals surface area contributed by atoms with Gasteiger partial charge in [-0.3, -0.25) is 14.6 Å². The van der Waals surface area contributed by atoms with Gasteiger partial charge in [0.1, 0.15) is 5.82 Å². The normalized spacial score (nSPS) is 20.4. The zero-order valence-corrected chi connectivity index (χ0v) is 22.5. The van der Waals surface area contributed by atoms with Gasteiger partial charge in [0.2, 0.25) is 0 Å². The van der Waals surface area contributed by atoms with E-state index in [0.29, 0.717) is 54.6 Å². The first-order valence-corrected chi connectivity index (χ1v) is 13.1. The van der Waals surface area contributed by atoms with Gasteiger partial charge < -0.3 is 15.0 Å². The fraction of sp³-hybridized carbons (Fsp3) is 0.393. The molecule has 8 nitrogen and oxygen atoms in total. The summed E-state index contributed by atoms with van der Waals surface area (Å²) in [5.41, 5.74) is 1.84. The molecule has 38 heavy (non-hydrogen) atoms. The molecule has 2 aromatic carbocycles. The lowest BCUT2D eigenvalue weighted by atomic mass is 9.94. The highest BCUT2D eigenvalue weighted by Gasteiger charge is 2.39. The number of halogens is 2. The SMILES string of the molecule is CCOC(=O)C1=C(CN2CCN(C(=O)c3ccc(Cl)cc3)C(C)C2)N(CC)C(=O)NC1c1cccc(F)c1. The molecule has 202 valence electrons. The number of nitrogens with zero attached hydrogens (tertiary/aromatic N) is 3. The Morgan fingerprint density at radius 2 is 1.87 bits per heavy atom. The Bertz CT molecular complexity index is 1240. The van der Waals surface area contributed by atoms with Crippen LogP contribution in [0, 0.1) is 5.82 Å². The van der Waals surface area contributed by atoms with Crippen LogP contribution in [-0.4, -0.2) is 78.0 Å². The summed E-state index contributed by atoms with van der Waals surface area (Å²) in [6.45, 7) is 7.89.